The molecule has 0 unspecified atom stereocenters. The minimum Gasteiger partial charge on any atom is -0.496 e. The Morgan fingerprint density at radius 3 is 2.65 bits per heavy atom. The molecule has 2 rings (SSSR count). The van der Waals surface area contributed by atoms with Crippen molar-refractivity contribution in [2.24, 2.45) is 0 Å². The van der Waals surface area contributed by atoms with E-state index in [-0.39, 0.29) is 17.0 Å². The number of ether oxygens (including phenoxy) is 1. The number of halogens is 2. The molecule has 0 saturated carbocycles. The summed E-state index contributed by atoms with van der Waals surface area (Å²) in [5, 5.41) is 2.28. The quantitative estimate of drug-likeness (QED) is 0.848. The second kappa shape index (κ2) is 5.56. The van der Waals surface area contributed by atoms with Gasteiger partial charge in [0.05, 0.1) is 18.4 Å². The highest BCUT2D eigenvalue weighted by Gasteiger charge is 2.15. The number of nitrogens with one attached hydrogen (secondary N) is 1. The fraction of sp³-hybridized carbons (Fsp3) is 0.0714. The molecule has 0 saturated heterocycles. The number of anilines is 2. The highest BCUT2D eigenvalue weighted by atomic mass is 19.1. The molecule has 0 aliphatic rings. The van der Waals surface area contributed by atoms with Crippen LogP contribution >= 0.6 is 0 Å². The van der Waals surface area contributed by atoms with Crippen LogP contribution in [0.1, 0.15) is 10.4 Å². The van der Waals surface area contributed by atoms with E-state index in [1.54, 1.807) is 6.07 Å². The van der Waals surface area contributed by atoms with Gasteiger partial charge in [-0.15, -0.1) is 0 Å². The number of carbonyl (C=O) groups is 1. The third kappa shape index (κ3) is 2.85. The van der Waals surface area contributed by atoms with E-state index >= 15 is 0 Å². The Bertz CT molecular complexity index is 660. The summed E-state index contributed by atoms with van der Waals surface area (Å²) in [6.45, 7) is 0. The summed E-state index contributed by atoms with van der Waals surface area (Å²) >= 11 is 0. The molecule has 2 aromatic rings. The van der Waals surface area contributed by atoms with Gasteiger partial charge in [0, 0.05) is 11.8 Å². The molecular formula is C14H12F2N2O2. The molecule has 104 valence electrons. The molecular weight excluding hydrogens is 266 g/mol. The summed E-state index contributed by atoms with van der Waals surface area (Å²) in [7, 11) is 1.39. The van der Waals surface area contributed by atoms with Crippen LogP contribution in [0, 0.1) is 11.6 Å². The smallest absolute Gasteiger partial charge is 0.259 e. The number of carbonyl (C=O) groups excluding carboxylic acids is 1. The summed E-state index contributed by atoms with van der Waals surface area (Å²) < 4.78 is 31.5. The summed E-state index contributed by atoms with van der Waals surface area (Å²) in [5.74, 6) is -1.74. The van der Waals surface area contributed by atoms with Crippen molar-refractivity contribution in [3.63, 3.8) is 0 Å². The van der Waals surface area contributed by atoms with E-state index in [0.717, 1.165) is 18.2 Å². The lowest BCUT2D eigenvalue weighted by Gasteiger charge is -2.10. The predicted molar refractivity (Wildman–Crippen MR) is 71.7 cm³/mol. The lowest BCUT2D eigenvalue weighted by atomic mass is 10.1. The molecule has 0 aliphatic heterocycles. The summed E-state index contributed by atoms with van der Waals surface area (Å²) in [4.78, 5) is 12.1. The van der Waals surface area contributed by atoms with Crippen LogP contribution in [0.2, 0.25) is 0 Å². The van der Waals surface area contributed by atoms with Crippen LogP contribution < -0.4 is 15.8 Å². The van der Waals surface area contributed by atoms with Crippen LogP contribution in [0.5, 0.6) is 5.75 Å². The number of methoxy groups -OCH3 is 1. The van der Waals surface area contributed by atoms with E-state index in [4.69, 9.17) is 10.5 Å². The van der Waals surface area contributed by atoms with Crippen molar-refractivity contribution < 1.29 is 18.3 Å². The molecule has 0 spiro atoms. The number of nitrogen functional groups attached to an aromatic ring is 1. The zero-order valence-electron chi connectivity index (χ0n) is 10.6. The molecule has 1 amide bonds. The van der Waals surface area contributed by atoms with Gasteiger partial charge in [-0.2, -0.15) is 0 Å². The van der Waals surface area contributed by atoms with Crippen LogP contribution in [0.3, 0.4) is 0 Å². The first-order chi connectivity index (χ1) is 9.51. The summed E-state index contributed by atoms with van der Waals surface area (Å²) in [5.41, 5.74) is 5.84. The second-order valence-corrected chi connectivity index (χ2v) is 4.04. The Kier molecular flexibility index (Phi) is 3.84. The van der Waals surface area contributed by atoms with Gasteiger partial charge in [-0.1, -0.05) is 0 Å². The van der Waals surface area contributed by atoms with E-state index in [2.05, 4.69) is 5.32 Å². The lowest BCUT2D eigenvalue weighted by molar-refractivity contribution is 0.102. The maximum Gasteiger partial charge on any atom is 0.259 e. The average Bonchev–Trinajstić information content (AvgIpc) is 2.42. The van der Waals surface area contributed by atoms with Crippen molar-refractivity contribution in [3.8, 4) is 5.75 Å². The Morgan fingerprint density at radius 1 is 1.20 bits per heavy atom. The van der Waals surface area contributed by atoms with Gasteiger partial charge in [0.2, 0.25) is 0 Å². The standard InChI is InChI=1S/C14H12F2N2O2/c1-20-13-5-3-9(17)7-10(13)14(19)18-12-6-8(15)2-4-11(12)16/h2-7H,17H2,1H3,(H,18,19). The van der Waals surface area contributed by atoms with Gasteiger partial charge >= 0.3 is 0 Å². The highest BCUT2D eigenvalue weighted by molar-refractivity contribution is 6.06. The fourth-order valence-corrected chi connectivity index (χ4v) is 1.69. The zero-order chi connectivity index (χ0) is 14.7. The maximum atomic E-state index is 13.5. The van der Waals surface area contributed by atoms with Crippen LogP contribution in [0.25, 0.3) is 0 Å². The zero-order valence-corrected chi connectivity index (χ0v) is 10.6. The normalized spacial score (nSPS) is 10.2. The van der Waals surface area contributed by atoms with Crippen molar-refractivity contribution in [1.29, 1.82) is 0 Å². The van der Waals surface area contributed by atoms with Crippen molar-refractivity contribution in [2.45, 2.75) is 0 Å². The minimum atomic E-state index is -0.734. The Morgan fingerprint density at radius 2 is 1.95 bits per heavy atom. The van der Waals surface area contributed by atoms with E-state index in [9.17, 15) is 13.6 Å². The first-order valence-electron chi connectivity index (χ1n) is 5.71. The van der Waals surface area contributed by atoms with Gasteiger partial charge in [0.25, 0.3) is 5.91 Å². The Labute approximate surface area is 114 Å². The Balaban J connectivity index is 2.32. The molecule has 0 heterocycles. The molecule has 0 radical (unpaired) electrons. The molecule has 6 heteroatoms. The molecule has 20 heavy (non-hydrogen) atoms. The third-order valence-corrected chi connectivity index (χ3v) is 2.64. The molecule has 3 N–H and O–H groups in total. The van der Waals surface area contributed by atoms with Gasteiger partial charge in [0.1, 0.15) is 17.4 Å². The number of nitrogens with two attached hydrogens (primary N) is 1. The van der Waals surface area contributed by atoms with E-state index < -0.39 is 17.5 Å². The number of amides is 1. The first-order valence-corrected chi connectivity index (χ1v) is 5.71. The average molecular weight is 278 g/mol. The number of rotatable bonds is 3. The topological polar surface area (TPSA) is 64.3 Å². The second-order valence-electron chi connectivity index (χ2n) is 4.04. The van der Waals surface area contributed by atoms with Gasteiger partial charge in [-0.25, -0.2) is 8.78 Å². The van der Waals surface area contributed by atoms with Crippen molar-refractivity contribution in [2.75, 3.05) is 18.2 Å². The molecule has 0 fully saturated rings. The maximum absolute atomic E-state index is 13.5. The summed E-state index contributed by atoms with van der Waals surface area (Å²) in [6.07, 6.45) is 0. The largest absolute Gasteiger partial charge is 0.496 e. The SMILES string of the molecule is COc1ccc(N)cc1C(=O)Nc1cc(F)ccc1F. The number of hydrogen-bond acceptors (Lipinski definition) is 3. The Hall–Kier alpha value is -2.63. The molecule has 2 aromatic carbocycles. The highest BCUT2D eigenvalue weighted by Crippen LogP contribution is 2.23. The van der Waals surface area contributed by atoms with Gasteiger partial charge in [-0.05, 0) is 30.3 Å². The van der Waals surface area contributed by atoms with Crippen LogP contribution in [-0.4, -0.2) is 13.0 Å². The molecule has 0 atom stereocenters. The molecule has 0 aliphatic carbocycles. The van der Waals surface area contributed by atoms with Gasteiger partial charge < -0.3 is 15.8 Å². The van der Waals surface area contributed by atoms with E-state index in [0.29, 0.717) is 5.69 Å². The molecule has 4 nitrogen and oxygen atoms in total. The monoisotopic (exact) mass is 278 g/mol. The van der Waals surface area contributed by atoms with Gasteiger partial charge in [0.15, 0.2) is 0 Å². The first kappa shape index (κ1) is 13.8. The van der Waals surface area contributed by atoms with Crippen molar-refractivity contribution >= 4 is 17.3 Å². The van der Waals surface area contributed by atoms with Crippen molar-refractivity contribution in [3.05, 3.63) is 53.6 Å². The summed E-state index contributed by atoms with van der Waals surface area (Å²) in [6, 6.07) is 7.27. The van der Waals surface area contributed by atoms with E-state index in [1.165, 1.54) is 19.2 Å². The van der Waals surface area contributed by atoms with Crippen LogP contribution in [0.4, 0.5) is 20.2 Å². The van der Waals surface area contributed by atoms with Gasteiger partial charge in [-0.3, -0.25) is 4.79 Å². The predicted octanol–water partition coefficient (Wildman–Crippen LogP) is 2.81. The van der Waals surface area contributed by atoms with Crippen molar-refractivity contribution in [1.82, 2.24) is 0 Å². The van der Waals surface area contributed by atoms with Crippen LogP contribution in [0.15, 0.2) is 36.4 Å². The number of hydrogen-bond donors (Lipinski definition) is 2. The third-order valence-electron chi connectivity index (χ3n) is 2.64. The minimum absolute atomic E-state index is 0.135. The lowest BCUT2D eigenvalue weighted by Crippen LogP contribution is -2.14. The fourth-order valence-electron chi connectivity index (χ4n) is 1.69. The van der Waals surface area contributed by atoms with E-state index in [1.807, 2.05) is 0 Å². The molecule has 0 bridgehead atoms. The number of benzene rings is 2. The molecule has 0 aromatic heterocycles. The van der Waals surface area contributed by atoms with Crippen LogP contribution in [-0.2, 0) is 0 Å².